The van der Waals surface area contributed by atoms with Gasteiger partial charge in [-0.05, 0) is 6.07 Å². The van der Waals surface area contributed by atoms with Crippen LogP contribution in [0.5, 0.6) is 17.4 Å². The van der Waals surface area contributed by atoms with Gasteiger partial charge in [-0.15, -0.1) is 0 Å². The minimum atomic E-state index is 0.362. The fraction of sp³-hybridized carbons (Fsp3) is 0.308. The summed E-state index contributed by atoms with van der Waals surface area (Å²) < 4.78 is 15.8. The summed E-state index contributed by atoms with van der Waals surface area (Å²) in [4.78, 5) is 4.42. The second kappa shape index (κ2) is 5.10. The highest BCUT2D eigenvalue weighted by Gasteiger charge is 2.11. The van der Waals surface area contributed by atoms with Gasteiger partial charge in [0.1, 0.15) is 11.5 Å². The zero-order chi connectivity index (χ0) is 13.1. The Labute approximate surface area is 105 Å². The molecule has 1 aromatic heterocycles. The smallest absolute Gasteiger partial charge is 0.218 e. The molecule has 0 saturated heterocycles. The van der Waals surface area contributed by atoms with Gasteiger partial charge in [0.15, 0.2) is 0 Å². The number of pyridine rings is 1. The Balaban J connectivity index is 2.74. The quantitative estimate of drug-likeness (QED) is 0.892. The summed E-state index contributed by atoms with van der Waals surface area (Å²) in [5.41, 5.74) is 7.27. The molecular weight excluding hydrogens is 232 g/mol. The van der Waals surface area contributed by atoms with Gasteiger partial charge in [-0.3, -0.25) is 0 Å². The number of nitrogens with zero attached hydrogens (tertiary/aromatic N) is 1. The Hall–Kier alpha value is -2.01. The lowest BCUT2D eigenvalue weighted by Gasteiger charge is -2.11. The van der Waals surface area contributed by atoms with Crippen molar-refractivity contribution in [2.24, 2.45) is 5.73 Å². The molecule has 0 aliphatic heterocycles. The van der Waals surface area contributed by atoms with Crippen LogP contribution in [0.4, 0.5) is 0 Å². The molecule has 0 spiro atoms. The topological polar surface area (TPSA) is 66.6 Å². The van der Waals surface area contributed by atoms with Crippen LogP contribution < -0.4 is 19.9 Å². The van der Waals surface area contributed by atoms with Crippen LogP contribution in [-0.4, -0.2) is 26.3 Å². The predicted octanol–water partition coefficient (Wildman–Crippen LogP) is 1.72. The normalized spacial score (nSPS) is 10.4. The molecule has 1 heterocycles. The molecule has 18 heavy (non-hydrogen) atoms. The van der Waals surface area contributed by atoms with Crippen molar-refractivity contribution in [1.82, 2.24) is 4.98 Å². The van der Waals surface area contributed by atoms with E-state index < -0.39 is 0 Å². The second-order valence-electron chi connectivity index (χ2n) is 3.76. The van der Waals surface area contributed by atoms with Gasteiger partial charge in [0.25, 0.3) is 0 Å². The van der Waals surface area contributed by atoms with Crippen LogP contribution in [0.2, 0.25) is 0 Å². The summed E-state index contributed by atoms with van der Waals surface area (Å²) in [7, 11) is 4.79. The number of ether oxygens (including phenoxy) is 3. The lowest BCUT2D eigenvalue weighted by atomic mass is 10.1. The average Bonchev–Trinajstić information content (AvgIpc) is 2.44. The summed E-state index contributed by atoms with van der Waals surface area (Å²) in [6.07, 6.45) is 0. The molecule has 0 bridgehead atoms. The van der Waals surface area contributed by atoms with E-state index in [2.05, 4.69) is 4.98 Å². The van der Waals surface area contributed by atoms with Crippen LogP contribution in [0.1, 0.15) is 5.56 Å². The van der Waals surface area contributed by atoms with Crippen LogP contribution >= 0.6 is 0 Å². The number of aromatic nitrogens is 1. The fourth-order valence-electron chi connectivity index (χ4n) is 1.85. The van der Waals surface area contributed by atoms with Crippen LogP contribution in [0.25, 0.3) is 10.9 Å². The minimum Gasteiger partial charge on any atom is -0.497 e. The molecule has 0 unspecified atom stereocenters. The molecule has 5 nitrogen and oxygen atoms in total. The molecule has 0 radical (unpaired) electrons. The van der Waals surface area contributed by atoms with Gasteiger partial charge in [-0.25, -0.2) is 4.98 Å². The Morgan fingerprint density at radius 3 is 2.39 bits per heavy atom. The molecule has 0 saturated carbocycles. The number of nitrogens with two attached hydrogens (primary N) is 1. The van der Waals surface area contributed by atoms with Crippen LogP contribution in [0.3, 0.4) is 0 Å². The van der Waals surface area contributed by atoms with E-state index in [1.807, 2.05) is 18.2 Å². The number of fused-ring (bicyclic) bond motifs is 1. The molecule has 0 atom stereocenters. The maximum Gasteiger partial charge on any atom is 0.218 e. The van der Waals surface area contributed by atoms with Crippen molar-refractivity contribution in [3.63, 3.8) is 0 Å². The molecule has 2 N–H and O–H groups in total. The number of methoxy groups -OCH3 is 3. The lowest BCUT2D eigenvalue weighted by molar-refractivity contribution is 0.391. The SMILES string of the molecule is COc1cc(OC)c2cc(CN)c(OC)nc2c1. The Morgan fingerprint density at radius 1 is 1.06 bits per heavy atom. The zero-order valence-electron chi connectivity index (χ0n) is 10.7. The van der Waals surface area contributed by atoms with Gasteiger partial charge in [0.2, 0.25) is 5.88 Å². The van der Waals surface area contributed by atoms with Crippen LogP contribution in [0.15, 0.2) is 18.2 Å². The number of hydrogen-bond donors (Lipinski definition) is 1. The lowest BCUT2D eigenvalue weighted by Crippen LogP contribution is -2.02. The molecular formula is C13H16N2O3. The van der Waals surface area contributed by atoms with E-state index in [0.717, 1.165) is 16.5 Å². The maximum absolute atomic E-state index is 5.68. The molecule has 2 rings (SSSR count). The number of rotatable bonds is 4. The van der Waals surface area contributed by atoms with E-state index in [4.69, 9.17) is 19.9 Å². The first-order valence-corrected chi connectivity index (χ1v) is 5.53. The van der Waals surface area contributed by atoms with Crippen molar-refractivity contribution in [2.45, 2.75) is 6.54 Å². The summed E-state index contributed by atoms with van der Waals surface area (Å²) in [6, 6.07) is 5.58. The molecule has 0 aliphatic rings. The minimum absolute atomic E-state index is 0.362. The third-order valence-electron chi connectivity index (χ3n) is 2.78. The van der Waals surface area contributed by atoms with E-state index in [1.54, 1.807) is 21.3 Å². The predicted molar refractivity (Wildman–Crippen MR) is 69.3 cm³/mol. The maximum atomic E-state index is 5.68. The van der Waals surface area contributed by atoms with Gasteiger partial charge in [-0.2, -0.15) is 0 Å². The van der Waals surface area contributed by atoms with E-state index in [0.29, 0.717) is 23.9 Å². The molecule has 2 aromatic rings. The van der Waals surface area contributed by atoms with Crippen LogP contribution in [-0.2, 0) is 6.54 Å². The van der Waals surface area contributed by atoms with Crippen molar-refractivity contribution in [1.29, 1.82) is 0 Å². The van der Waals surface area contributed by atoms with Crippen LogP contribution in [0, 0.1) is 0 Å². The number of hydrogen-bond acceptors (Lipinski definition) is 5. The largest absolute Gasteiger partial charge is 0.497 e. The summed E-state index contributed by atoms with van der Waals surface area (Å²) in [6.45, 7) is 0.362. The Morgan fingerprint density at radius 2 is 1.83 bits per heavy atom. The highest BCUT2D eigenvalue weighted by atomic mass is 16.5. The molecule has 1 aromatic carbocycles. The number of benzene rings is 1. The zero-order valence-corrected chi connectivity index (χ0v) is 10.7. The third kappa shape index (κ3) is 2.04. The van der Waals surface area contributed by atoms with Gasteiger partial charge >= 0.3 is 0 Å². The summed E-state index contributed by atoms with van der Waals surface area (Å²) >= 11 is 0. The Kier molecular flexibility index (Phi) is 3.53. The third-order valence-corrected chi connectivity index (χ3v) is 2.78. The molecule has 0 aliphatic carbocycles. The van der Waals surface area contributed by atoms with E-state index >= 15 is 0 Å². The molecule has 96 valence electrons. The van der Waals surface area contributed by atoms with E-state index in [1.165, 1.54) is 0 Å². The second-order valence-corrected chi connectivity index (χ2v) is 3.76. The first-order valence-electron chi connectivity index (χ1n) is 5.53. The highest BCUT2D eigenvalue weighted by Crippen LogP contribution is 2.33. The van der Waals surface area contributed by atoms with Crippen molar-refractivity contribution in [3.8, 4) is 17.4 Å². The van der Waals surface area contributed by atoms with Gasteiger partial charge in [-0.1, -0.05) is 0 Å². The van der Waals surface area contributed by atoms with E-state index in [9.17, 15) is 0 Å². The Bertz CT molecular complexity index is 570. The summed E-state index contributed by atoms with van der Waals surface area (Å²) in [5.74, 6) is 1.92. The summed E-state index contributed by atoms with van der Waals surface area (Å²) in [5, 5.41) is 0.888. The first kappa shape index (κ1) is 12.4. The van der Waals surface area contributed by atoms with Crippen molar-refractivity contribution in [3.05, 3.63) is 23.8 Å². The van der Waals surface area contributed by atoms with Crippen molar-refractivity contribution in [2.75, 3.05) is 21.3 Å². The molecule has 0 amide bonds. The van der Waals surface area contributed by atoms with Gasteiger partial charge in [0.05, 0.1) is 26.8 Å². The van der Waals surface area contributed by atoms with Gasteiger partial charge in [0, 0.05) is 29.6 Å². The molecule has 5 heteroatoms. The fourth-order valence-corrected chi connectivity index (χ4v) is 1.85. The van der Waals surface area contributed by atoms with Gasteiger partial charge < -0.3 is 19.9 Å². The molecule has 0 fully saturated rings. The monoisotopic (exact) mass is 248 g/mol. The average molecular weight is 248 g/mol. The standard InChI is InChI=1S/C13H16N2O3/c1-16-9-5-11-10(12(6-9)17-2)4-8(7-14)13(15-11)18-3/h4-6H,7,14H2,1-3H3. The van der Waals surface area contributed by atoms with Crippen molar-refractivity contribution < 1.29 is 14.2 Å². The van der Waals surface area contributed by atoms with E-state index in [-0.39, 0.29) is 0 Å². The van der Waals surface area contributed by atoms with Crippen molar-refractivity contribution >= 4 is 10.9 Å². The highest BCUT2D eigenvalue weighted by molar-refractivity contribution is 5.88. The first-order chi connectivity index (χ1) is 8.73.